The van der Waals surface area contributed by atoms with E-state index in [1.807, 2.05) is 11.6 Å². The fraction of sp³-hybridized carbons (Fsp3) is 0.250. The van der Waals surface area contributed by atoms with Crippen molar-refractivity contribution in [3.05, 3.63) is 48.3 Å². The van der Waals surface area contributed by atoms with Crippen molar-refractivity contribution in [1.82, 2.24) is 19.7 Å². The molecule has 6 nitrogen and oxygen atoms in total. The minimum Gasteiger partial charge on any atom is -0.481 e. The number of rotatable bonds is 4. The van der Waals surface area contributed by atoms with E-state index < -0.39 is 29.8 Å². The second kappa shape index (κ2) is 7.53. The van der Waals surface area contributed by atoms with E-state index in [9.17, 15) is 26.3 Å². The van der Waals surface area contributed by atoms with Crippen molar-refractivity contribution in [2.45, 2.75) is 25.4 Å². The number of fused-ring (bicyclic) bond motifs is 1. The Morgan fingerprint density at radius 2 is 1.72 bits per heavy atom. The molecule has 4 rings (SSSR count). The maximum Gasteiger partial charge on any atom is 0.425 e. The summed E-state index contributed by atoms with van der Waals surface area (Å²) in [5.74, 6) is -1.07. The first kappa shape index (κ1) is 21.7. The highest BCUT2D eigenvalue weighted by Crippen LogP contribution is 2.40. The largest absolute Gasteiger partial charge is 0.481 e. The zero-order valence-electron chi connectivity index (χ0n) is 16.5. The molecule has 2 heterocycles. The van der Waals surface area contributed by atoms with Crippen LogP contribution in [-0.4, -0.2) is 32.0 Å². The number of benzene rings is 2. The van der Waals surface area contributed by atoms with E-state index in [0.29, 0.717) is 24.1 Å². The van der Waals surface area contributed by atoms with Gasteiger partial charge in [0, 0.05) is 18.2 Å². The van der Waals surface area contributed by atoms with Gasteiger partial charge in [-0.3, -0.25) is 0 Å². The van der Waals surface area contributed by atoms with Gasteiger partial charge in [-0.25, -0.2) is 4.98 Å². The van der Waals surface area contributed by atoms with E-state index in [-0.39, 0.29) is 17.3 Å². The van der Waals surface area contributed by atoms with E-state index >= 15 is 0 Å². The topological polar surface area (TPSA) is 66.0 Å². The van der Waals surface area contributed by atoms with Gasteiger partial charge in [-0.2, -0.15) is 31.3 Å². The van der Waals surface area contributed by atoms with Crippen LogP contribution in [0.5, 0.6) is 5.75 Å². The molecule has 0 bridgehead atoms. The van der Waals surface area contributed by atoms with E-state index in [2.05, 4.69) is 19.9 Å². The number of halogens is 6. The van der Waals surface area contributed by atoms with E-state index in [0.717, 1.165) is 17.6 Å². The Morgan fingerprint density at radius 1 is 1.00 bits per heavy atom. The fourth-order valence-electron chi connectivity index (χ4n) is 2.98. The molecule has 0 aliphatic rings. The van der Waals surface area contributed by atoms with Crippen molar-refractivity contribution in [1.29, 1.82) is 0 Å². The van der Waals surface area contributed by atoms with E-state index in [1.54, 1.807) is 24.5 Å². The molecule has 0 aliphatic heterocycles. The summed E-state index contributed by atoms with van der Waals surface area (Å²) >= 11 is 0. The van der Waals surface area contributed by atoms with Crippen LogP contribution < -0.4 is 4.74 Å². The van der Waals surface area contributed by atoms with Crippen LogP contribution in [-0.2, 0) is 13.2 Å². The van der Waals surface area contributed by atoms with Gasteiger partial charge in [0.25, 0.3) is 5.89 Å². The molecule has 32 heavy (non-hydrogen) atoms. The smallest absolute Gasteiger partial charge is 0.425 e. The highest BCUT2D eigenvalue weighted by atomic mass is 19.4. The summed E-state index contributed by atoms with van der Waals surface area (Å²) in [6.45, 7) is 0.622. The SMILES string of the molecule is CC(Oc1ccc(-c2nc(-c3ccc4c(c3)ncn4C)no2)cc1C(F)(F)F)C(F)(F)F. The molecule has 1 unspecified atom stereocenters. The molecule has 4 aromatic rings. The Labute approximate surface area is 176 Å². The number of imidazole rings is 1. The van der Waals surface area contributed by atoms with Crippen molar-refractivity contribution in [3.8, 4) is 28.6 Å². The number of nitrogens with zero attached hydrogens (tertiary/aromatic N) is 4. The third-order valence-corrected chi connectivity index (χ3v) is 4.71. The molecular weight excluding hydrogens is 442 g/mol. The van der Waals surface area contributed by atoms with Gasteiger partial charge in [0.1, 0.15) is 5.75 Å². The first-order valence-corrected chi connectivity index (χ1v) is 9.13. The number of alkyl halides is 6. The lowest BCUT2D eigenvalue weighted by atomic mass is 10.1. The normalized spacial score (nSPS) is 13.5. The molecule has 0 amide bonds. The summed E-state index contributed by atoms with van der Waals surface area (Å²) < 4.78 is 90.0. The maximum atomic E-state index is 13.5. The molecule has 2 aromatic carbocycles. The Morgan fingerprint density at radius 3 is 2.41 bits per heavy atom. The third kappa shape index (κ3) is 4.12. The van der Waals surface area contributed by atoms with Crippen molar-refractivity contribution in [3.63, 3.8) is 0 Å². The molecule has 0 radical (unpaired) electrons. The summed E-state index contributed by atoms with van der Waals surface area (Å²) in [7, 11) is 1.82. The number of ether oxygens (including phenoxy) is 1. The van der Waals surface area contributed by atoms with Gasteiger partial charge in [0.15, 0.2) is 6.10 Å². The summed E-state index contributed by atoms with van der Waals surface area (Å²) in [6, 6.07) is 7.70. The second-order valence-electron chi connectivity index (χ2n) is 6.99. The van der Waals surface area contributed by atoms with Gasteiger partial charge in [-0.05, 0) is 43.3 Å². The molecule has 1 atom stereocenters. The van der Waals surface area contributed by atoms with Gasteiger partial charge in [-0.1, -0.05) is 5.16 Å². The number of hydrogen-bond donors (Lipinski definition) is 0. The third-order valence-electron chi connectivity index (χ3n) is 4.71. The average Bonchev–Trinajstić information content (AvgIpc) is 3.34. The van der Waals surface area contributed by atoms with Crippen molar-refractivity contribution < 1.29 is 35.6 Å². The van der Waals surface area contributed by atoms with E-state index in [4.69, 9.17) is 4.52 Å². The Bertz CT molecular complexity index is 1280. The number of aromatic nitrogens is 4. The Hall–Kier alpha value is -3.57. The predicted octanol–water partition coefficient (Wildman–Crippen LogP) is 5.64. The Balaban J connectivity index is 1.68. The average molecular weight is 456 g/mol. The van der Waals surface area contributed by atoms with Crippen LogP contribution in [0.2, 0.25) is 0 Å². The quantitative estimate of drug-likeness (QED) is 0.372. The van der Waals surface area contributed by atoms with Crippen molar-refractivity contribution >= 4 is 11.0 Å². The lowest BCUT2D eigenvalue weighted by Gasteiger charge is -2.20. The molecule has 0 N–H and O–H groups in total. The Kier molecular flexibility index (Phi) is 5.10. The van der Waals surface area contributed by atoms with Gasteiger partial charge < -0.3 is 13.8 Å². The first-order chi connectivity index (χ1) is 14.9. The van der Waals surface area contributed by atoms with Crippen LogP contribution in [0.4, 0.5) is 26.3 Å². The zero-order chi connectivity index (χ0) is 23.3. The van der Waals surface area contributed by atoms with Crippen molar-refractivity contribution in [2.75, 3.05) is 0 Å². The van der Waals surface area contributed by atoms with E-state index in [1.165, 1.54) is 0 Å². The molecule has 12 heteroatoms. The van der Waals surface area contributed by atoms with Crippen LogP contribution in [0.25, 0.3) is 33.9 Å². The standard InChI is InChI=1S/C20H14F6N4O2/c1-10(19(21,22)23)31-16-6-4-12(7-13(16)20(24,25)26)18-28-17(29-32-18)11-3-5-15-14(8-11)27-9-30(15)2/h3-10H,1-2H3. The van der Waals surface area contributed by atoms with Crippen LogP contribution in [0, 0.1) is 0 Å². The summed E-state index contributed by atoms with van der Waals surface area (Å²) in [5, 5.41) is 3.79. The van der Waals surface area contributed by atoms with Crippen molar-refractivity contribution in [2.24, 2.45) is 7.05 Å². The minimum absolute atomic E-state index is 0.118. The van der Waals surface area contributed by atoms with Gasteiger partial charge in [0.2, 0.25) is 5.82 Å². The fourth-order valence-corrected chi connectivity index (χ4v) is 2.98. The maximum absolute atomic E-state index is 13.5. The molecule has 168 valence electrons. The molecule has 0 spiro atoms. The summed E-state index contributed by atoms with van der Waals surface area (Å²) in [4.78, 5) is 8.33. The highest BCUT2D eigenvalue weighted by Gasteiger charge is 2.41. The molecule has 0 saturated heterocycles. The monoisotopic (exact) mass is 456 g/mol. The van der Waals surface area contributed by atoms with Gasteiger partial charge >= 0.3 is 12.4 Å². The number of aryl methyl sites for hydroxylation is 1. The molecule has 0 fully saturated rings. The highest BCUT2D eigenvalue weighted by molar-refractivity contribution is 5.80. The summed E-state index contributed by atoms with van der Waals surface area (Å²) in [6.07, 6.45) is -10.6. The molecule has 0 aliphatic carbocycles. The lowest BCUT2D eigenvalue weighted by molar-refractivity contribution is -0.191. The van der Waals surface area contributed by atoms with Gasteiger partial charge in [-0.15, -0.1) is 0 Å². The molecule has 0 saturated carbocycles. The number of hydrogen-bond acceptors (Lipinski definition) is 5. The minimum atomic E-state index is -4.97. The summed E-state index contributed by atoms with van der Waals surface area (Å²) in [5.41, 5.74) is 0.538. The second-order valence-corrected chi connectivity index (χ2v) is 6.99. The van der Waals surface area contributed by atoms with Crippen LogP contribution in [0.1, 0.15) is 12.5 Å². The van der Waals surface area contributed by atoms with Crippen LogP contribution in [0.15, 0.2) is 47.2 Å². The molecule has 2 aromatic heterocycles. The predicted molar refractivity (Wildman–Crippen MR) is 101 cm³/mol. The van der Waals surface area contributed by atoms with Gasteiger partial charge in [0.05, 0.1) is 22.9 Å². The van der Waals surface area contributed by atoms with Crippen LogP contribution >= 0.6 is 0 Å². The van der Waals surface area contributed by atoms with Crippen LogP contribution in [0.3, 0.4) is 0 Å². The molecular formula is C20H14F6N4O2. The first-order valence-electron chi connectivity index (χ1n) is 9.13. The zero-order valence-corrected chi connectivity index (χ0v) is 16.5. The lowest BCUT2D eigenvalue weighted by Crippen LogP contribution is -2.31.